The molecule has 0 saturated carbocycles. The highest BCUT2D eigenvalue weighted by atomic mass is 16.6. The summed E-state index contributed by atoms with van der Waals surface area (Å²) in [6.07, 6.45) is 6.36. The van der Waals surface area contributed by atoms with Crippen LogP contribution in [-0.4, -0.2) is 29.7 Å². The van der Waals surface area contributed by atoms with Crippen LogP contribution in [0, 0.1) is 5.92 Å². The van der Waals surface area contributed by atoms with Gasteiger partial charge in [-0.15, -0.1) is 0 Å². The van der Waals surface area contributed by atoms with Gasteiger partial charge in [0.25, 0.3) is 0 Å². The van der Waals surface area contributed by atoms with E-state index in [1.54, 1.807) is 0 Å². The minimum absolute atomic E-state index is 0.0162. The molecule has 0 aromatic heterocycles. The minimum atomic E-state index is -0.522. The standard InChI is InChI=1S/C16H28N2O3/c1-15(2,3)21-14(20)17-11-16(4,5)18-13(19)10-12-8-6-7-9-12/h6,8,12H,7,9-11H2,1-5H3,(H,17,20)(H,18,19)/t12-/m0/s1. The van der Waals surface area contributed by atoms with Crippen LogP contribution in [0.5, 0.6) is 0 Å². The van der Waals surface area contributed by atoms with E-state index in [-0.39, 0.29) is 5.91 Å². The van der Waals surface area contributed by atoms with Crippen molar-refractivity contribution >= 4 is 12.0 Å². The SMILES string of the molecule is CC(C)(CNC(=O)OC(C)(C)C)NC(=O)C[C@H]1C=CCC1. The van der Waals surface area contributed by atoms with Crippen molar-refractivity contribution in [2.75, 3.05) is 6.54 Å². The Hall–Kier alpha value is -1.52. The molecule has 0 fully saturated rings. The van der Waals surface area contributed by atoms with Gasteiger partial charge in [-0.3, -0.25) is 4.79 Å². The molecule has 0 heterocycles. The average molecular weight is 296 g/mol. The van der Waals surface area contributed by atoms with Crippen LogP contribution in [0.3, 0.4) is 0 Å². The van der Waals surface area contributed by atoms with Gasteiger partial charge in [-0.05, 0) is 53.4 Å². The number of carbonyl (C=O) groups excluding carboxylic acids is 2. The summed E-state index contributed by atoms with van der Waals surface area (Å²) < 4.78 is 5.17. The average Bonchev–Trinajstić information content (AvgIpc) is 2.76. The third kappa shape index (κ3) is 7.73. The van der Waals surface area contributed by atoms with Crippen molar-refractivity contribution in [2.45, 2.75) is 65.0 Å². The van der Waals surface area contributed by atoms with Crippen LogP contribution < -0.4 is 10.6 Å². The number of allylic oxidation sites excluding steroid dienone is 2. The normalized spacial score (nSPS) is 18.4. The Labute approximate surface area is 127 Å². The van der Waals surface area contributed by atoms with Crippen molar-refractivity contribution in [2.24, 2.45) is 5.92 Å². The predicted octanol–water partition coefficient (Wildman–Crippen LogP) is 2.76. The number of nitrogens with one attached hydrogen (secondary N) is 2. The van der Waals surface area contributed by atoms with Crippen LogP contribution in [-0.2, 0) is 9.53 Å². The van der Waals surface area contributed by atoms with Crippen molar-refractivity contribution in [3.8, 4) is 0 Å². The van der Waals surface area contributed by atoms with E-state index in [9.17, 15) is 9.59 Å². The molecular formula is C16H28N2O3. The molecule has 5 heteroatoms. The zero-order valence-electron chi connectivity index (χ0n) is 13.8. The molecule has 2 amide bonds. The molecule has 2 N–H and O–H groups in total. The molecule has 5 nitrogen and oxygen atoms in total. The van der Waals surface area contributed by atoms with E-state index in [2.05, 4.69) is 22.8 Å². The van der Waals surface area contributed by atoms with Crippen molar-refractivity contribution in [1.82, 2.24) is 10.6 Å². The quantitative estimate of drug-likeness (QED) is 0.767. The highest BCUT2D eigenvalue weighted by molar-refractivity contribution is 5.77. The fraction of sp³-hybridized carbons (Fsp3) is 0.750. The van der Waals surface area contributed by atoms with E-state index in [1.165, 1.54) is 0 Å². The van der Waals surface area contributed by atoms with Crippen LogP contribution >= 0.6 is 0 Å². The second kappa shape index (κ2) is 6.96. The Balaban J connectivity index is 2.33. The molecule has 120 valence electrons. The lowest BCUT2D eigenvalue weighted by atomic mass is 10.0. The van der Waals surface area contributed by atoms with Crippen LogP contribution in [0.15, 0.2) is 12.2 Å². The van der Waals surface area contributed by atoms with Gasteiger partial charge in [-0.2, -0.15) is 0 Å². The highest BCUT2D eigenvalue weighted by Crippen LogP contribution is 2.20. The van der Waals surface area contributed by atoms with Crippen molar-refractivity contribution < 1.29 is 14.3 Å². The number of hydrogen-bond acceptors (Lipinski definition) is 3. The molecule has 0 unspecified atom stereocenters. The summed E-state index contributed by atoms with van der Waals surface area (Å²) in [5.74, 6) is 0.363. The fourth-order valence-corrected chi connectivity index (χ4v) is 2.18. The van der Waals surface area contributed by atoms with Crippen molar-refractivity contribution in [1.29, 1.82) is 0 Å². The van der Waals surface area contributed by atoms with Gasteiger partial charge in [0.15, 0.2) is 0 Å². The Morgan fingerprint density at radius 1 is 1.24 bits per heavy atom. The van der Waals surface area contributed by atoms with Gasteiger partial charge in [0.1, 0.15) is 5.60 Å². The summed E-state index contributed by atoms with van der Waals surface area (Å²) in [4.78, 5) is 23.6. The molecule has 0 aromatic rings. The van der Waals surface area contributed by atoms with Gasteiger partial charge in [0.05, 0.1) is 5.54 Å². The maximum atomic E-state index is 12.0. The Kier molecular flexibility index (Phi) is 5.81. The van der Waals surface area contributed by atoms with Crippen molar-refractivity contribution in [3.05, 3.63) is 12.2 Å². The molecule has 0 radical (unpaired) electrons. The minimum Gasteiger partial charge on any atom is -0.444 e. The van der Waals surface area contributed by atoms with Gasteiger partial charge >= 0.3 is 6.09 Å². The van der Waals surface area contributed by atoms with Gasteiger partial charge in [-0.25, -0.2) is 4.79 Å². The summed E-state index contributed by atoms with van der Waals surface area (Å²) in [7, 11) is 0. The van der Waals surface area contributed by atoms with Crippen molar-refractivity contribution in [3.63, 3.8) is 0 Å². The largest absolute Gasteiger partial charge is 0.444 e. The zero-order chi connectivity index (χ0) is 16.1. The lowest BCUT2D eigenvalue weighted by Gasteiger charge is -2.28. The molecule has 0 aromatic carbocycles. The number of carbonyl (C=O) groups is 2. The molecule has 0 aliphatic heterocycles. The summed E-state index contributed by atoms with van der Waals surface area (Å²) in [5, 5.41) is 5.65. The maximum Gasteiger partial charge on any atom is 0.407 e. The maximum absolute atomic E-state index is 12.0. The van der Waals surface area contributed by atoms with E-state index < -0.39 is 17.2 Å². The van der Waals surface area contributed by atoms with Crippen LogP contribution in [0.1, 0.15) is 53.9 Å². The lowest BCUT2D eigenvalue weighted by molar-refractivity contribution is -0.123. The molecule has 1 aliphatic rings. The first-order valence-corrected chi connectivity index (χ1v) is 7.52. The first-order valence-electron chi connectivity index (χ1n) is 7.52. The number of rotatable bonds is 5. The second-order valence-electron chi connectivity index (χ2n) is 7.26. The van der Waals surface area contributed by atoms with Gasteiger partial charge < -0.3 is 15.4 Å². The summed E-state index contributed by atoms with van der Waals surface area (Å²) in [6.45, 7) is 9.53. The van der Waals surface area contributed by atoms with E-state index in [0.29, 0.717) is 18.9 Å². The smallest absolute Gasteiger partial charge is 0.407 e. The molecule has 1 atom stereocenters. The van der Waals surface area contributed by atoms with E-state index in [0.717, 1.165) is 12.8 Å². The number of alkyl carbamates (subject to hydrolysis) is 1. The third-order valence-electron chi connectivity index (χ3n) is 3.11. The first kappa shape index (κ1) is 17.5. The second-order valence-corrected chi connectivity index (χ2v) is 7.26. The molecule has 1 aliphatic carbocycles. The summed E-state index contributed by atoms with van der Waals surface area (Å²) in [6, 6.07) is 0. The van der Waals surface area contributed by atoms with Crippen LogP contribution in [0.4, 0.5) is 4.79 Å². The number of hydrogen-bond donors (Lipinski definition) is 2. The Bertz CT molecular complexity index is 408. The molecule has 0 saturated heterocycles. The highest BCUT2D eigenvalue weighted by Gasteiger charge is 2.24. The molecular weight excluding hydrogens is 268 g/mol. The predicted molar refractivity (Wildman–Crippen MR) is 82.9 cm³/mol. The molecule has 1 rings (SSSR count). The van der Waals surface area contributed by atoms with Gasteiger partial charge in [0.2, 0.25) is 5.91 Å². The molecule has 21 heavy (non-hydrogen) atoms. The Morgan fingerprint density at radius 2 is 1.90 bits per heavy atom. The van der Waals surface area contributed by atoms with E-state index >= 15 is 0 Å². The number of ether oxygens (including phenoxy) is 1. The monoisotopic (exact) mass is 296 g/mol. The lowest BCUT2D eigenvalue weighted by Crippen LogP contribution is -2.52. The van der Waals surface area contributed by atoms with Gasteiger partial charge in [-0.1, -0.05) is 12.2 Å². The van der Waals surface area contributed by atoms with Gasteiger partial charge in [0, 0.05) is 13.0 Å². The zero-order valence-corrected chi connectivity index (χ0v) is 13.8. The first-order chi connectivity index (χ1) is 9.57. The molecule has 0 bridgehead atoms. The fourth-order valence-electron chi connectivity index (χ4n) is 2.18. The molecule has 0 spiro atoms. The van der Waals surface area contributed by atoms with E-state index in [4.69, 9.17) is 4.74 Å². The van der Waals surface area contributed by atoms with Crippen LogP contribution in [0.25, 0.3) is 0 Å². The van der Waals surface area contributed by atoms with Crippen LogP contribution in [0.2, 0.25) is 0 Å². The third-order valence-corrected chi connectivity index (χ3v) is 3.11. The van der Waals surface area contributed by atoms with E-state index in [1.807, 2.05) is 34.6 Å². The summed E-state index contributed by atoms with van der Waals surface area (Å²) in [5.41, 5.74) is -1.03. The Morgan fingerprint density at radius 3 is 2.43 bits per heavy atom. The topological polar surface area (TPSA) is 67.4 Å². The number of amides is 2. The summed E-state index contributed by atoms with van der Waals surface area (Å²) >= 11 is 0.